The highest BCUT2D eigenvalue weighted by Gasteiger charge is 2.14. The molecule has 0 aliphatic rings. The van der Waals surface area contributed by atoms with Crippen LogP contribution in [0.1, 0.15) is 18.4 Å². The minimum atomic E-state index is -0.0621. The standard InChI is InChI=1S/C18H20N2.2ClH/c1-14(18(20)12-3-2-6-13-19)16-11-7-9-15-8-4-5-10-17(15)16;;/h3-5,7-12,14,18H,13,19-20H2,1H3;2*1H. The van der Waals surface area contributed by atoms with Crippen molar-refractivity contribution in [2.24, 2.45) is 11.5 Å². The van der Waals surface area contributed by atoms with Crippen molar-refractivity contribution >= 4 is 35.6 Å². The van der Waals surface area contributed by atoms with Crippen LogP contribution in [0.15, 0.2) is 54.6 Å². The molecule has 0 aliphatic heterocycles. The van der Waals surface area contributed by atoms with Crippen molar-refractivity contribution in [3.05, 3.63) is 60.2 Å². The molecule has 0 saturated heterocycles. The van der Waals surface area contributed by atoms with Crippen LogP contribution in [0.25, 0.3) is 10.8 Å². The third kappa shape index (κ3) is 5.05. The van der Waals surface area contributed by atoms with Crippen LogP contribution in [0, 0.1) is 11.8 Å². The molecule has 0 spiro atoms. The molecule has 0 bridgehead atoms. The number of allylic oxidation sites excluding steroid dienone is 1. The molecule has 4 N–H and O–H groups in total. The lowest BCUT2D eigenvalue weighted by molar-refractivity contribution is 0.668. The van der Waals surface area contributed by atoms with Crippen molar-refractivity contribution in [2.45, 2.75) is 18.9 Å². The van der Waals surface area contributed by atoms with Crippen LogP contribution >= 0.6 is 24.8 Å². The molecule has 4 heteroatoms. The van der Waals surface area contributed by atoms with E-state index in [1.807, 2.05) is 6.08 Å². The summed E-state index contributed by atoms with van der Waals surface area (Å²) in [6, 6.07) is 14.7. The third-order valence-electron chi connectivity index (χ3n) is 3.50. The lowest BCUT2D eigenvalue weighted by Crippen LogP contribution is -2.24. The number of nitrogens with two attached hydrogens (primary N) is 2. The summed E-state index contributed by atoms with van der Waals surface area (Å²) in [5, 5.41) is 2.51. The molecule has 0 fully saturated rings. The fourth-order valence-corrected chi connectivity index (χ4v) is 2.30. The van der Waals surface area contributed by atoms with E-state index in [9.17, 15) is 0 Å². The first-order valence-corrected chi connectivity index (χ1v) is 6.82. The summed E-state index contributed by atoms with van der Waals surface area (Å²) < 4.78 is 0. The zero-order valence-electron chi connectivity index (χ0n) is 12.5. The van der Waals surface area contributed by atoms with Crippen LogP contribution in [0.2, 0.25) is 0 Å². The summed E-state index contributed by atoms with van der Waals surface area (Å²) in [4.78, 5) is 0. The van der Waals surface area contributed by atoms with Crippen molar-refractivity contribution in [1.29, 1.82) is 0 Å². The summed E-state index contributed by atoms with van der Waals surface area (Å²) in [7, 11) is 0. The molecule has 2 unspecified atom stereocenters. The Kier molecular flexibility index (Phi) is 9.56. The number of hydrogen-bond donors (Lipinski definition) is 2. The SMILES string of the molecule is CC(c1cccc2ccccc12)C(N)C=CC#CCN.Cl.Cl. The molecule has 0 amide bonds. The Morgan fingerprint density at radius 2 is 1.77 bits per heavy atom. The number of halogens is 2. The van der Waals surface area contributed by atoms with E-state index in [2.05, 4.69) is 61.2 Å². The zero-order valence-corrected chi connectivity index (χ0v) is 14.2. The van der Waals surface area contributed by atoms with Crippen molar-refractivity contribution in [1.82, 2.24) is 0 Å². The van der Waals surface area contributed by atoms with Gasteiger partial charge in [-0.15, -0.1) is 24.8 Å². The predicted molar refractivity (Wildman–Crippen MR) is 101 cm³/mol. The fourth-order valence-electron chi connectivity index (χ4n) is 2.30. The lowest BCUT2D eigenvalue weighted by Gasteiger charge is -2.19. The Morgan fingerprint density at radius 3 is 2.50 bits per heavy atom. The minimum Gasteiger partial charge on any atom is -0.324 e. The molecular weight excluding hydrogens is 315 g/mol. The van der Waals surface area contributed by atoms with E-state index in [4.69, 9.17) is 11.5 Å². The average Bonchev–Trinajstić information content (AvgIpc) is 2.50. The van der Waals surface area contributed by atoms with Crippen molar-refractivity contribution in [2.75, 3.05) is 6.54 Å². The van der Waals surface area contributed by atoms with Gasteiger partial charge in [0.05, 0.1) is 6.54 Å². The average molecular weight is 337 g/mol. The normalized spacial score (nSPS) is 12.7. The van der Waals surface area contributed by atoms with Gasteiger partial charge in [-0.1, -0.05) is 67.3 Å². The quantitative estimate of drug-likeness (QED) is 0.841. The largest absolute Gasteiger partial charge is 0.324 e. The molecule has 0 aliphatic carbocycles. The highest BCUT2D eigenvalue weighted by atomic mass is 35.5. The van der Waals surface area contributed by atoms with E-state index < -0.39 is 0 Å². The molecule has 22 heavy (non-hydrogen) atoms. The topological polar surface area (TPSA) is 52.0 Å². The van der Waals surface area contributed by atoms with Gasteiger partial charge in [-0.2, -0.15) is 0 Å². The van der Waals surface area contributed by atoms with E-state index >= 15 is 0 Å². The molecule has 0 heterocycles. The monoisotopic (exact) mass is 336 g/mol. The number of hydrogen-bond acceptors (Lipinski definition) is 2. The summed E-state index contributed by atoms with van der Waals surface area (Å²) >= 11 is 0. The number of rotatable bonds is 3. The fraction of sp³-hybridized carbons (Fsp3) is 0.222. The molecule has 2 aromatic rings. The van der Waals surface area contributed by atoms with Gasteiger partial charge in [0.2, 0.25) is 0 Å². The van der Waals surface area contributed by atoms with Gasteiger partial charge in [-0.25, -0.2) is 0 Å². The molecule has 2 rings (SSSR count). The van der Waals surface area contributed by atoms with Crippen molar-refractivity contribution in [3.63, 3.8) is 0 Å². The van der Waals surface area contributed by atoms with E-state index in [1.165, 1.54) is 16.3 Å². The molecule has 2 aromatic carbocycles. The third-order valence-corrected chi connectivity index (χ3v) is 3.50. The minimum absolute atomic E-state index is 0. The Balaban J connectivity index is 0.00000220. The van der Waals surface area contributed by atoms with Crippen LogP contribution in [0.5, 0.6) is 0 Å². The predicted octanol–water partition coefficient (Wildman–Crippen LogP) is 3.63. The van der Waals surface area contributed by atoms with Crippen LogP contribution in [0.3, 0.4) is 0 Å². The number of fused-ring (bicyclic) bond motifs is 1. The van der Waals surface area contributed by atoms with E-state index in [0.717, 1.165) is 0 Å². The highest BCUT2D eigenvalue weighted by molar-refractivity contribution is 5.86. The summed E-state index contributed by atoms with van der Waals surface area (Å²) in [6.45, 7) is 2.52. The zero-order chi connectivity index (χ0) is 14.4. The summed E-state index contributed by atoms with van der Waals surface area (Å²) in [5.41, 5.74) is 12.8. The molecular formula is C18H22Cl2N2. The summed E-state index contributed by atoms with van der Waals surface area (Å²) in [6.07, 6.45) is 3.73. The van der Waals surface area contributed by atoms with Gasteiger partial charge in [0.15, 0.2) is 0 Å². The van der Waals surface area contributed by atoms with Crippen LogP contribution in [-0.2, 0) is 0 Å². The Morgan fingerprint density at radius 1 is 1.09 bits per heavy atom. The smallest absolute Gasteiger partial charge is 0.0554 e. The van der Waals surface area contributed by atoms with Gasteiger partial charge in [-0.05, 0) is 22.4 Å². The van der Waals surface area contributed by atoms with Gasteiger partial charge in [0, 0.05) is 12.0 Å². The first-order chi connectivity index (χ1) is 9.74. The second-order valence-electron chi connectivity index (χ2n) is 4.82. The second-order valence-corrected chi connectivity index (χ2v) is 4.82. The first-order valence-electron chi connectivity index (χ1n) is 6.82. The second kappa shape index (κ2) is 10.3. The van der Waals surface area contributed by atoms with Crippen LogP contribution in [0.4, 0.5) is 0 Å². The van der Waals surface area contributed by atoms with Crippen LogP contribution in [-0.4, -0.2) is 12.6 Å². The van der Waals surface area contributed by atoms with Crippen molar-refractivity contribution < 1.29 is 0 Å². The molecule has 118 valence electrons. The number of benzene rings is 2. The van der Waals surface area contributed by atoms with Gasteiger partial charge in [-0.3, -0.25) is 0 Å². The van der Waals surface area contributed by atoms with E-state index in [0.29, 0.717) is 6.54 Å². The first kappa shape index (κ1) is 20.5. The molecule has 2 atom stereocenters. The van der Waals surface area contributed by atoms with Crippen LogP contribution < -0.4 is 11.5 Å². The lowest BCUT2D eigenvalue weighted by atomic mass is 9.89. The maximum atomic E-state index is 6.24. The van der Waals surface area contributed by atoms with Gasteiger partial charge < -0.3 is 11.5 Å². The van der Waals surface area contributed by atoms with E-state index in [-0.39, 0.29) is 36.8 Å². The molecule has 0 radical (unpaired) electrons. The molecule has 2 nitrogen and oxygen atoms in total. The van der Waals surface area contributed by atoms with Crippen molar-refractivity contribution in [3.8, 4) is 11.8 Å². The van der Waals surface area contributed by atoms with Gasteiger partial charge in [0.25, 0.3) is 0 Å². The van der Waals surface area contributed by atoms with Gasteiger partial charge >= 0.3 is 0 Å². The van der Waals surface area contributed by atoms with E-state index in [1.54, 1.807) is 6.08 Å². The molecule has 0 aromatic heterocycles. The summed E-state index contributed by atoms with van der Waals surface area (Å²) in [5.74, 6) is 5.90. The molecule has 0 saturated carbocycles. The Labute approximate surface area is 144 Å². The maximum absolute atomic E-state index is 6.24. The van der Waals surface area contributed by atoms with Gasteiger partial charge in [0.1, 0.15) is 0 Å². The Hall–Kier alpha value is -1.50. The maximum Gasteiger partial charge on any atom is 0.0554 e. The highest BCUT2D eigenvalue weighted by Crippen LogP contribution is 2.27. The Bertz CT molecular complexity index is 666.